The fraction of sp³-hybridized carbons (Fsp3) is 0.444. The number of carbonyl (C=O) groups is 1. The lowest BCUT2D eigenvalue weighted by Crippen LogP contribution is -2.59. The molecule has 5 heteroatoms. The molecule has 2 aromatic rings. The molecule has 0 atom stereocenters. The van der Waals surface area contributed by atoms with Crippen LogP contribution in [0.25, 0.3) is 0 Å². The Labute approximate surface area is 140 Å². The van der Waals surface area contributed by atoms with Crippen molar-refractivity contribution in [2.45, 2.75) is 19.9 Å². The predicted octanol–water partition coefficient (Wildman–Crippen LogP) is 2.80. The number of amides is 1. The van der Waals surface area contributed by atoms with Crippen molar-refractivity contribution in [3.05, 3.63) is 52.0 Å². The van der Waals surface area contributed by atoms with Crippen molar-refractivity contribution in [2.75, 3.05) is 26.2 Å². The maximum Gasteiger partial charge on any atom is 0.272 e. The Balaban J connectivity index is 1.35. The maximum atomic E-state index is 12.5. The van der Waals surface area contributed by atoms with Gasteiger partial charge in [0.15, 0.2) is 0 Å². The highest BCUT2D eigenvalue weighted by molar-refractivity contribution is 7.07. The topological polar surface area (TPSA) is 36.4 Å². The number of aromatic nitrogens is 1. The fourth-order valence-electron chi connectivity index (χ4n) is 3.79. The molecule has 0 unspecified atom stereocenters. The molecule has 1 spiro atoms. The minimum atomic E-state index is 0.0793. The molecule has 1 amide bonds. The van der Waals surface area contributed by atoms with Crippen molar-refractivity contribution in [3.63, 3.8) is 0 Å². The Morgan fingerprint density at radius 2 is 2.17 bits per heavy atom. The Morgan fingerprint density at radius 3 is 2.91 bits per heavy atom. The van der Waals surface area contributed by atoms with E-state index >= 15 is 0 Å². The van der Waals surface area contributed by atoms with Crippen molar-refractivity contribution in [2.24, 2.45) is 5.41 Å². The highest BCUT2D eigenvalue weighted by atomic mass is 32.1. The second-order valence-electron chi connectivity index (χ2n) is 6.92. The average molecular weight is 327 g/mol. The Kier molecular flexibility index (Phi) is 3.70. The van der Waals surface area contributed by atoms with Crippen LogP contribution in [0.2, 0.25) is 0 Å². The molecule has 2 fully saturated rings. The minimum absolute atomic E-state index is 0.0793. The van der Waals surface area contributed by atoms with E-state index in [1.807, 2.05) is 30.0 Å². The number of hydrogen-bond acceptors (Lipinski definition) is 4. The van der Waals surface area contributed by atoms with Crippen LogP contribution in [-0.4, -0.2) is 46.9 Å². The van der Waals surface area contributed by atoms with Crippen molar-refractivity contribution in [1.29, 1.82) is 0 Å². The summed E-state index contributed by atoms with van der Waals surface area (Å²) in [4.78, 5) is 21.3. The molecule has 2 aromatic heterocycles. The van der Waals surface area contributed by atoms with Gasteiger partial charge in [-0.25, -0.2) is 4.98 Å². The van der Waals surface area contributed by atoms with E-state index in [2.05, 4.69) is 26.7 Å². The zero-order valence-corrected chi connectivity index (χ0v) is 14.2. The summed E-state index contributed by atoms with van der Waals surface area (Å²) in [6, 6.07) is 7.85. The molecule has 2 aliphatic rings. The molecule has 0 aliphatic carbocycles. The van der Waals surface area contributed by atoms with Crippen LogP contribution in [0.5, 0.6) is 0 Å². The molecule has 4 heterocycles. The molecule has 0 bridgehead atoms. The third kappa shape index (κ3) is 2.91. The van der Waals surface area contributed by atoms with Crippen LogP contribution in [0.15, 0.2) is 35.0 Å². The predicted molar refractivity (Wildman–Crippen MR) is 91.5 cm³/mol. The molecule has 0 N–H and O–H groups in total. The number of aryl methyl sites for hydroxylation is 1. The zero-order chi connectivity index (χ0) is 15.9. The number of hydrogen-bond donors (Lipinski definition) is 0. The SMILES string of the molecule is Cc1cccc(C(=O)N2CC3(CCN(Cc4ccsc4)C3)C2)n1. The van der Waals surface area contributed by atoms with Crippen LogP contribution in [0.3, 0.4) is 0 Å². The van der Waals surface area contributed by atoms with E-state index in [0.717, 1.165) is 38.4 Å². The summed E-state index contributed by atoms with van der Waals surface area (Å²) in [6.07, 6.45) is 1.20. The largest absolute Gasteiger partial charge is 0.336 e. The van der Waals surface area contributed by atoms with Crippen molar-refractivity contribution in [1.82, 2.24) is 14.8 Å². The van der Waals surface area contributed by atoms with Crippen LogP contribution < -0.4 is 0 Å². The van der Waals surface area contributed by atoms with Gasteiger partial charge in [-0.15, -0.1) is 0 Å². The van der Waals surface area contributed by atoms with Gasteiger partial charge >= 0.3 is 0 Å². The van der Waals surface area contributed by atoms with Crippen LogP contribution in [0.1, 0.15) is 28.2 Å². The Hall–Kier alpha value is -1.72. The number of nitrogens with zero attached hydrogens (tertiary/aromatic N) is 3. The summed E-state index contributed by atoms with van der Waals surface area (Å²) in [7, 11) is 0. The van der Waals surface area contributed by atoms with E-state index in [4.69, 9.17) is 0 Å². The Morgan fingerprint density at radius 1 is 1.30 bits per heavy atom. The monoisotopic (exact) mass is 327 g/mol. The number of pyridine rings is 1. The summed E-state index contributed by atoms with van der Waals surface area (Å²) in [6.45, 7) is 6.96. The molecule has 23 heavy (non-hydrogen) atoms. The van der Waals surface area contributed by atoms with E-state index in [-0.39, 0.29) is 5.91 Å². The molecule has 2 saturated heterocycles. The summed E-state index contributed by atoms with van der Waals surface area (Å²) in [5, 5.41) is 4.37. The first kappa shape index (κ1) is 14.8. The van der Waals surface area contributed by atoms with Crippen LogP contribution in [-0.2, 0) is 6.54 Å². The molecule has 0 saturated carbocycles. The normalized spacial score (nSPS) is 20.0. The lowest BCUT2D eigenvalue weighted by molar-refractivity contribution is 0.00989. The summed E-state index contributed by atoms with van der Waals surface area (Å²) >= 11 is 1.76. The molecule has 0 aromatic carbocycles. The number of thiophene rings is 1. The van der Waals surface area contributed by atoms with E-state index in [0.29, 0.717) is 11.1 Å². The summed E-state index contributed by atoms with van der Waals surface area (Å²) < 4.78 is 0. The van der Waals surface area contributed by atoms with E-state index in [1.54, 1.807) is 11.3 Å². The van der Waals surface area contributed by atoms with Gasteiger partial charge in [0, 0.05) is 37.3 Å². The van der Waals surface area contributed by atoms with Crippen LogP contribution >= 0.6 is 11.3 Å². The highest BCUT2D eigenvalue weighted by Gasteiger charge is 2.49. The molecule has 0 radical (unpaired) electrons. The summed E-state index contributed by atoms with van der Waals surface area (Å²) in [5.74, 6) is 0.0793. The van der Waals surface area contributed by atoms with Gasteiger partial charge in [0.05, 0.1) is 0 Å². The van der Waals surface area contributed by atoms with Crippen LogP contribution in [0.4, 0.5) is 0 Å². The number of carbonyl (C=O) groups excluding carboxylic acids is 1. The lowest BCUT2D eigenvalue weighted by atomic mass is 9.79. The highest BCUT2D eigenvalue weighted by Crippen LogP contribution is 2.40. The first-order valence-electron chi connectivity index (χ1n) is 8.10. The second-order valence-corrected chi connectivity index (χ2v) is 7.70. The van der Waals surface area contributed by atoms with Crippen LogP contribution in [0, 0.1) is 12.3 Å². The van der Waals surface area contributed by atoms with Crippen molar-refractivity contribution >= 4 is 17.2 Å². The van der Waals surface area contributed by atoms with E-state index < -0.39 is 0 Å². The second kappa shape index (κ2) is 5.73. The zero-order valence-electron chi connectivity index (χ0n) is 13.4. The minimum Gasteiger partial charge on any atom is -0.336 e. The van der Waals surface area contributed by atoms with Crippen molar-refractivity contribution in [3.8, 4) is 0 Å². The van der Waals surface area contributed by atoms with Crippen molar-refractivity contribution < 1.29 is 4.79 Å². The number of rotatable bonds is 3. The molecular weight excluding hydrogens is 306 g/mol. The van der Waals surface area contributed by atoms with E-state index in [1.165, 1.54) is 12.0 Å². The number of likely N-dealkylation sites (tertiary alicyclic amines) is 2. The molecule has 4 nitrogen and oxygen atoms in total. The molecule has 4 rings (SSSR count). The first-order valence-corrected chi connectivity index (χ1v) is 9.04. The summed E-state index contributed by atoms with van der Waals surface area (Å²) in [5.41, 5.74) is 3.19. The smallest absolute Gasteiger partial charge is 0.272 e. The van der Waals surface area contributed by atoms with Gasteiger partial charge in [0.2, 0.25) is 0 Å². The fourth-order valence-corrected chi connectivity index (χ4v) is 4.45. The third-order valence-electron chi connectivity index (χ3n) is 4.95. The first-order chi connectivity index (χ1) is 11.1. The molecular formula is C18H21N3OS. The van der Waals surface area contributed by atoms with Gasteiger partial charge in [-0.05, 0) is 54.4 Å². The average Bonchev–Trinajstić information content (AvgIpc) is 3.15. The quantitative estimate of drug-likeness (QED) is 0.870. The third-order valence-corrected chi connectivity index (χ3v) is 5.68. The van der Waals surface area contributed by atoms with E-state index in [9.17, 15) is 4.79 Å². The molecule has 120 valence electrons. The Bertz CT molecular complexity index is 707. The maximum absolute atomic E-state index is 12.5. The van der Waals surface area contributed by atoms with Gasteiger partial charge in [0.1, 0.15) is 5.69 Å². The van der Waals surface area contributed by atoms with Gasteiger partial charge in [-0.3, -0.25) is 9.69 Å². The standard InChI is InChI=1S/C18H21N3OS/c1-14-3-2-4-16(19-14)17(22)21-12-18(13-21)6-7-20(11-18)9-15-5-8-23-10-15/h2-5,8,10H,6-7,9,11-13H2,1H3. The van der Waals surface area contributed by atoms with Gasteiger partial charge < -0.3 is 4.90 Å². The lowest BCUT2D eigenvalue weighted by Gasteiger charge is -2.48. The van der Waals surface area contributed by atoms with Gasteiger partial charge in [-0.2, -0.15) is 11.3 Å². The molecule has 2 aliphatic heterocycles. The van der Waals surface area contributed by atoms with Gasteiger partial charge in [0.25, 0.3) is 5.91 Å². The van der Waals surface area contributed by atoms with Gasteiger partial charge in [-0.1, -0.05) is 6.07 Å².